The third-order valence-electron chi connectivity index (χ3n) is 6.35. The number of hydrogen-bond acceptors (Lipinski definition) is 6. The molecule has 0 bridgehead atoms. The second kappa shape index (κ2) is 11.7. The number of benzene rings is 2. The van der Waals surface area contributed by atoms with Crippen molar-refractivity contribution in [3.05, 3.63) is 59.2 Å². The van der Waals surface area contributed by atoms with Crippen LogP contribution >= 0.6 is 0 Å². The highest BCUT2D eigenvalue weighted by Gasteiger charge is 2.22. The second-order valence-electron chi connectivity index (χ2n) is 8.73. The van der Waals surface area contributed by atoms with Gasteiger partial charge in [0.1, 0.15) is 0 Å². The van der Waals surface area contributed by atoms with Crippen LogP contribution in [0.1, 0.15) is 47.7 Å². The van der Waals surface area contributed by atoms with E-state index in [1.54, 1.807) is 17.0 Å². The molecule has 0 saturated carbocycles. The minimum Gasteiger partial charge on any atom is -0.490 e. The summed E-state index contributed by atoms with van der Waals surface area (Å²) in [4.78, 5) is 41.2. The first-order valence-electron chi connectivity index (χ1n) is 12.2. The number of amides is 2. The van der Waals surface area contributed by atoms with Crippen LogP contribution in [-0.4, -0.2) is 67.0 Å². The summed E-state index contributed by atoms with van der Waals surface area (Å²) >= 11 is 0. The Morgan fingerprint density at radius 2 is 1.54 bits per heavy atom. The van der Waals surface area contributed by atoms with Gasteiger partial charge in [-0.1, -0.05) is 24.3 Å². The van der Waals surface area contributed by atoms with Crippen LogP contribution in [-0.2, 0) is 27.3 Å². The quantitative estimate of drug-likeness (QED) is 0.540. The molecule has 2 aromatic carbocycles. The second-order valence-corrected chi connectivity index (χ2v) is 8.73. The Hall–Kier alpha value is -3.55. The minimum atomic E-state index is -0.618. The number of nitrogens with zero attached hydrogens (tertiary/aromatic N) is 2. The van der Waals surface area contributed by atoms with Crippen LogP contribution in [0.2, 0.25) is 0 Å². The Labute approximate surface area is 205 Å². The van der Waals surface area contributed by atoms with Crippen LogP contribution in [0.5, 0.6) is 11.5 Å². The Morgan fingerprint density at radius 1 is 0.800 bits per heavy atom. The van der Waals surface area contributed by atoms with Gasteiger partial charge in [0, 0.05) is 26.2 Å². The van der Waals surface area contributed by atoms with E-state index < -0.39 is 5.97 Å². The molecule has 0 atom stereocenters. The Morgan fingerprint density at radius 3 is 2.31 bits per heavy atom. The summed E-state index contributed by atoms with van der Waals surface area (Å²) in [7, 11) is 0. The fourth-order valence-corrected chi connectivity index (χ4v) is 4.41. The van der Waals surface area contributed by atoms with Gasteiger partial charge < -0.3 is 24.0 Å². The van der Waals surface area contributed by atoms with Crippen LogP contribution in [0, 0.1) is 0 Å². The standard InChI is InChI=1S/C27H32N2O6/c1-2-33-24-16-21(10-11-23(24)34-18-25(30)28-13-6-3-7-14-28)27(32)35-19-26(31)29-15-12-20-8-4-5-9-22(20)17-29/h4-5,8-11,16H,2-3,6-7,12-15,17-19H2,1H3. The smallest absolute Gasteiger partial charge is 0.338 e. The van der Waals surface area contributed by atoms with Gasteiger partial charge in [-0.3, -0.25) is 9.59 Å². The number of carbonyl (C=O) groups is 3. The molecule has 0 spiro atoms. The van der Waals surface area contributed by atoms with Crippen LogP contribution in [0.4, 0.5) is 0 Å². The van der Waals surface area contributed by atoms with Gasteiger partial charge in [-0.05, 0) is 61.9 Å². The van der Waals surface area contributed by atoms with E-state index in [1.165, 1.54) is 11.6 Å². The number of piperidine rings is 1. The van der Waals surface area contributed by atoms with Crippen LogP contribution in [0.3, 0.4) is 0 Å². The first-order valence-corrected chi connectivity index (χ1v) is 12.2. The maximum Gasteiger partial charge on any atom is 0.338 e. The normalized spacial score (nSPS) is 15.2. The molecule has 35 heavy (non-hydrogen) atoms. The molecule has 2 aliphatic heterocycles. The molecule has 0 aliphatic carbocycles. The molecule has 0 N–H and O–H groups in total. The van der Waals surface area contributed by atoms with Crippen molar-refractivity contribution in [3.63, 3.8) is 0 Å². The number of esters is 1. The van der Waals surface area contributed by atoms with Crippen molar-refractivity contribution in [3.8, 4) is 11.5 Å². The SMILES string of the molecule is CCOc1cc(C(=O)OCC(=O)N2CCc3ccccc3C2)ccc1OCC(=O)N1CCCCC1. The van der Waals surface area contributed by atoms with E-state index >= 15 is 0 Å². The van der Waals surface area contributed by atoms with Gasteiger partial charge in [0.2, 0.25) is 0 Å². The summed E-state index contributed by atoms with van der Waals surface area (Å²) < 4.78 is 16.6. The highest BCUT2D eigenvalue weighted by Crippen LogP contribution is 2.29. The number of likely N-dealkylation sites (tertiary alicyclic amines) is 1. The zero-order chi connectivity index (χ0) is 24.6. The van der Waals surface area contributed by atoms with Crippen molar-refractivity contribution in [2.45, 2.75) is 39.2 Å². The molecule has 1 fully saturated rings. The van der Waals surface area contributed by atoms with E-state index in [-0.39, 0.29) is 30.6 Å². The predicted molar refractivity (Wildman–Crippen MR) is 129 cm³/mol. The number of fused-ring (bicyclic) bond motifs is 1. The molecular weight excluding hydrogens is 448 g/mol. The van der Waals surface area contributed by atoms with E-state index in [1.807, 2.05) is 30.0 Å². The number of rotatable bonds is 8. The molecule has 1 saturated heterocycles. The van der Waals surface area contributed by atoms with Crippen LogP contribution in [0.15, 0.2) is 42.5 Å². The number of carbonyl (C=O) groups excluding carboxylic acids is 3. The number of ether oxygens (including phenoxy) is 3. The predicted octanol–water partition coefficient (Wildman–Crippen LogP) is 3.22. The molecule has 2 amide bonds. The van der Waals surface area contributed by atoms with E-state index in [0.29, 0.717) is 31.2 Å². The van der Waals surface area contributed by atoms with Crippen molar-refractivity contribution in [1.82, 2.24) is 9.80 Å². The lowest BCUT2D eigenvalue weighted by Gasteiger charge is -2.28. The summed E-state index contributed by atoms with van der Waals surface area (Å²) in [6.07, 6.45) is 3.96. The summed E-state index contributed by atoms with van der Waals surface area (Å²) in [5.41, 5.74) is 2.62. The third kappa shape index (κ3) is 6.32. The lowest BCUT2D eigenvalue weighted by molar-refractivity contribution is -0.135. The molecule has 186 valence electrons. The molecule has 0 aromatic heterocycles. The van der Waals surface area contributed by atoms with Gasteiger partial charge in [0.15, 0.2) is 24.7 Å². The summed E-state index contributed by atoms with van der Waals surface area (Å²) in [6, 6.07) is 12.7. The topological polar surface area (TPSA) is 85.4 Å². The van der Waals surface area contributed by atoms with Crippen LogP contribution in [0.25, 0.3) is 0 Å². The summed E-state index contributed by atoms with van der Waals surface area (Å²) in [6.45, 7) is 4.41. The maximum absolute atomic E-state index is 12.6. The lowest BCUT2D eigenvalue weighted by atomic mass is 10.00. The molecule has 0 unspecified atom stereocenters. The minimum absolute atomic E-state index is 0.0607. The Bertz CT molecular complexity index is 1060. The van der Waals surface area contributed by atoms with Gasteiger partial charge in [-0.25, -0.2) is 4.79 Å². The van der Waals surface area contributed by atoms with E-state index in [2.05, 4.69) is 6.07 Å². The molecular formula is C27H32N2O6. The first-order chi connectivity index (χ1) is 17.0. The van der Waals surface area contributed by atoms with E-state index in [9.17, 15) is 14.4 Å². The first kappa shape index (κ1) is 24.6. The van der Waals surface area contributed by atoms with Gasteiger partial charge >= 0.3 is 5.97 Å². The fourth-order valence-electron chi connectivity index (χ4n) is 4.41. The third-order valence-corrected chi connectivity index (χ3v) is 6.35. The zero-order valence-corrected chi connectivity index (χ0v) is 20.2. The largest absolute Gasteiger partial charge is 0.490 e. The highest BCUT2D eigenvalue weighted by atomic mass is 16.5. The average Bonchev–Trinajstić information content (AvgIpc) is 2.91. The summed E-state index contributed by atoms with van der Waals surface area (Å²) in [5.74, 6) is -0.166. The molecule has 0 radical (unpaired) electrons. The molecule has 2 heterocycles. The number of hydrogen-bond donors (Lipinski definition) is 0. The van der Waals surface area contributed by atoms with Crippen molar-refractivity contribution < 1.29 is 28.6 Å². The molecule has 8 nitrogen and oxygen atoms in total. The summed E-state index contributed by atoms with van der Waals surface area (Å²) in [5, 5.41) is 0. The van der Waals surface area contributed by atoms with E-state index in [4.69, 9.17) is 14.2 Å². The molecule has 8 heteroatoms. The van der Waals surface area contributed by atoms with Crippen LogP contribution < -0.4 is 9.47 Å². The lowest BCUT2D eigenvalue weighted by Crippen LogP contribution is -2.38. The van der Waals surface area contributed by atoms with Gasteiger partial charge in [-0.15, -0.1) is 0 Å². The van der Waals surface area contributed by atoms with Crippen molar-refractivity contribution in [2.75, 3.05) is 39.5 Å². The van der Waals surface area contributed by atoms with Crippen molar-refractivity contribution >= 4 is 17.8 Å². The van der Waals surface area contributed by atoms with E-state index in [0.717, 1.165) is 44.3 Å². The van der Waals surface area contributed by atoms with Gasteiger partial charge in [-0.2, -0.15) is 0 Å². The van der Waals surface area contributed by atoms with Crippen molar-refractivity contribution in [2.24, 2.45) is 0 Å². The molecule has 2 aromatic rings. The van der Waals surface area contributed by atoms with Gasteiger partial charge in [0.25, 0.3) is 11.8 Å². The average molecular weight is 481 g/mol. The fraction of sp³-hybridized carbons (Fsp3) is 0.444. The maximum atomic E-state index is 12.6. The molecule has 4 rings (SSSR count). The monoisotopic (exact) mass is 480 g/mol. The van der Waals surface area contributed by atoms with Gasteiger partial charge in [0.05, 0.1) is 12.2 Å². The highest BCUT2D eigenvalue weighted by molar-refractivity contribution is 5.92. The zero-order valence-electron chi connectivity index (χ0n) is 20.2. The Balaban J connectivity index is 1.32. The van der Waals surface area contributed by atoms with Crippen molar-refractivity contribution in [1.29, 1.82) is 0 Å². The Kier molecular flexibility index (Phi) is 8.23. The molecule has 2 aliphatic rings.